The van der Waals surface area contributed by atoms with Gasteiger partial charge in [-0.15, -0.1) is 0 Å². The maximum absolute atomic E-state index is 6.18. The molecular weight excluding hydrogens is 397 g/mol. The molecule has 3 aromatic carbocycles. The van der Waals surface area contributed by atoms with Crippen molar-refractivity contribution < 1.29 is 14.2 Å². The minimum Gasteiger partial charge on any atom is -0.489 e. The fourth-order valence-corrected chi connectivity index (χ4v) is 3.39. The zero-order valence-corrected chi connectivity index (χ0v) is 16.6. The zero-order chi connectivity index (χ0) is 19.3. The quantitative estimate of drug-likeness (QED) is 0.539. The Hall–Kier alpha value is -2.56. The molecule has 0 aliphatic carbocycles. The summed E-state index contributed by atoms with van der Waals surface area (Å²) in [5.74, 6) is 2.33. The van der Waals surface area contributed by atoms with Crippen molar-refractivity contribution in [1.82, 2.24) is 0 Å². The smallest absolute Gasteiger partial charge is 0.163 e. The summed E-state index contributed by atoms with van der Waals surface area (Å²) < 4.78 is 17.0. The first kappa shape index (κ1) is 18.8. The summed E-state index contributed by atoms with van der Waals surface area (Å²) in [6, 6.07) is 19.2. The Morgan fingerprint density at radius 3 is 2.32 bits per heavy atom. The third-order valence-electron chi connectivity index (χ3n) is 4.41. The molecule has 1 N–H and O–H groups in total. The lowest BCUT2D eigenvalue weighted by Crippen LogP contribution is -2.15. The number of rotatable bonds is 6. The molecule has 0 atom stereocenters. The van der Waals surface area contributed by atoms with Crippen LogP contribution in [0.3, 0.4) is 0 Å². The lowest BCUT2D eigenvalue weighted by molar-refractivity contribution is 0.171. The van der Waals surface area contributed by atoms with Gasteiger partial charge in [0, 0.05) is 33.9 Å². The molecule has 28 heavy (non-hydrogen) atoms. The van der Waals surface area contributed by atoms with Crippen molar-refractivity contribution in [2.75, 3.05) is 18.5 Å². The van der Waals surface area contributed by atoms with Gasteiger partial charge in [-0.25, -0.2) is 0 Å². The normalized spacial score (nSPS) is 12.5. The number of anilines is 1. The number of halogens is 2. The van der Waals surface area contributed by atoms with Crippen LogP contribution in [0.25, 0.3) is 0 Å². The molecule has 3 aromatic rings. The predicted molar refractivity (Wildman–Crippen MR) is 112 cm³/mol. The van der Waals surface area contributed by atoms with E-state index in [0.717, 1.165) is 34.1 Å². The zero-order valence-electron chi connectivity index (χ0n) is 15.1. The summed E-state index contributed by atoms with van der Waals surface area (Å²) in [6.07, 6.45) is 0. The summed E-state index contributed by atoms with van der Waals surface area (Å²) in [5.41, 5.74) is 2.91. The molecule has 0 saturated carbocycles. The number of fused-ring (bicyclic) bond motifs is 1. The first-order chi connectivity index (χ1) is 13.7. The van der Waals surface area contributed by atoms with E-state index in [9.17, 15) is 0 Å². The number of nitrogens with one attached hydrogen (secondary N) is 1. The molecule has 0 saturated heterocycles. The molecule has 0 radical (unpaired) electrons. The molecule has 0 aromatic heterocycles. The molecule has 4 rings (SSSR count). The average Bonchev–Trinajstić information content (AvgIpc) is 2.72. The predicted octanol–water partition coefficient (Wildman–Crippen LogP) is 5.96. The van der Waals surface area contributed by atoms with E-state index in [2.05, 4.69) is 5.32 Å². The molecule has 0 unspecified atom stereocenters. The van der Waals surface area contributed by atoms with Crippen LogP contribution in [0.15, 0.2) is 60.7 Å². The number of hydrogen-bond donors (Lipinski definition) is 1. The third-order valence-corrected chi connectivity index (χ3v) is 5.12. The molecule has 6 heteroatoms. The molecule has 0 amide bonds. The van der Waals surface area contributed by atoms with Crippen LogP contribution in [0, 0.1) is 0 Å². The first-order valence-corrected chi connectivity index (χ1v) is 9.73. The van der Waals surface area contributed by atoms with E-state index in [1.165, 1.54) is 0 Å². The van der Waals surface area contributed by atoms with Crippen molar-refractivity contribution in [3.05, 3.63) is 81.8 Å². The fraction of sp³-hybridized carbons (Fsp3) is 0.182. The van der Waals surface area contributed by atoms with Crippen LogP contribution in [-0.2, 0) is 13.2 Å². The highest BCUT2D eigenvalue weighted by atomic mass is 35.5. The van der Waals surface area contributed by atoms with Crippen molar-refractivity contribution in [2.24, 2.45) is 0 Å². The van der Waals surface area contributed by atoms with Crippen LogP contribution >= 0.6 is 23.2 Å². The van der Waals surface area contributed by atoms with Gasteiger partial charge in [0.25, 0.3) is 0 Å². The Bertz CT molecular complexity index is 940. The number of ether oxygens (including phenoxy) is 3. The van der Waals surface area contributed by atoms with Gasteiger partial charge < -0.3 is 19.5 Å². The topological polar surface area (TPSA) is 39.7 Å². The Kier molecular flexibility index (Phi) is 5.79. The average molecular weight is 416 g/mol. The highest BCUT2D eigenvalue weighted by Gasteiger charge is 2.11. The van der Waals surface area contributed by atoms with Crippen LogP contribution < -0.4 is 19.5 Å². The second-order valence-corrected chi connectivity index (χ2v) is 7.16. The molecular formula is C22H19Cl2NO3. The number of hydrogen-bond acceptors (Lipinski definition) is 4. The van der Waals surface area contributed by atoms with E-state index in [1.807, 2.05) is 48.5 Å². The van der Waals surface area contributed by atoms with Crippen molar-refractivity contribution >= 4 is 28.9 Å². The van der Waals surface area contributed by atoms with E-state index in [0.29, 0.717) is 36.4 Å². The van der Waals surface area contributed by atoms with E-state index in [1.54, 1.807) is 12.1 Å². The molecule has 1 aliphatic rings. The minimum atomic E-state index is 0.327. The summed E-state index contributed by atoms with van der Waals surface area (Å²) in [7, 11) is 0. The van der Waals surface area contributed by atoms with Crippen LogP contribution in [0.2, 0.25) is 10.0 Å². The van der Waals surface area contributed by atoms with E-state index in [-0.39, 0.29) is 0 Å². The fourth-order valence-electron chi connectivity index (χ4n) is 2.89. The lowest BCUT2D eigenvalue weighted by Gasteiger charge is -2.19. The van der Waals surface area contributed by atoms with Crippen molar-refractivity contribution in [2.45, 2.75) is 13.2 Å². The van der Waals surface area contributed by atoms with Gasteiger partial charge in [0.15, 0.2) is 11.5 Å². The molecule has 1 aliphatic heterocycles. The van der Waals surface area contributed by atoms with E-state index in [4.69, 9.17) is 37.4 Å². The van der Waals surface area contributed by atoms with Crippen molar-refractivity contribution in [3.8, 4) is 17.2 Å². The first-order valence-electron chi connectivity index (χ1n) is 8.97. The molecule has 0 fully saturated rings. The summed E-state index contributed by atoms with van der Waals surface area (Å²) in [4.78, 5) is 0. The molecule has 0 spiro atoms. The van der Waals surface area contributed by atoms with Crippen LogP contribution in [0.1, 0.15) is 11.1 Å². The maximum Gasteiger partial charge on any atom is 0.163 e. The third kappa shape index (κ3) is 4.46. The second-order valence-electron chi connectivity index (χ2n) is 6.34. The lowest BCUT2D eigenvalue weighted by atomic mass is 10.2. The van der Waals surface area contributed by atoms with E-state index >= 15 is 0 Å². The highest BCUT2D eigenvalue weighted by molar-refractivity contribution is 6.35. The van der Waals surface area contributed by atoms with Crippen molar-refractivity contribution in [3.63, 3.8) is 0 Å². The summed E-state index contributed by atoms with van der Waals surface area (Å²) in [6.45, 7) is 2.19. The molecule has 1 heterocycles. The van der Waals surface area contributed by atoms with Gasteiger partial charge in [0.05, 0.1) is 0 Å². The second kappa shape index (κ2) is 8.63. The van der Waals surface area contributed by atoms with Gasteiger partial charge in [0.1, 0.15) is 25.6 Å². The van der Waals surface area contributed by atoms with E-state index < -0.39 is 0 Å². The standard InChI is InChI=1S/C22H19Cl2NO3/c23-19-2-1-3-20(24)18(19)14-28-17-7-4-15(5-8-17)13-25-16-6-9-21-22(12-16)27-11-10-26-21/h1-9,12,25H,10-11,13-14H2. The molecule has 0 bridgehead atoms. The Morgan fingerprint density at radius 1 is 0.857 bits per heavy atom. The van der Waals surface area contributed by atoms with Crippen LogP contribution in [0.4, 0.5) is 5.69 Å². The van der Waals surface area contributed by atoms with Gasteiger partial charge in [-0.05, 0) is 42.0 Å². The minimum absolute atomic E-state index is 0.327. The Morgan fingerprint density at radius 2 is 1.57 bits per heavy atom. The monoisotopic (exact) mass is 415 g/mol. The molecule has 144 valence electrons. The van der Waals surface area contributed by atoms with Crippen molar-refractivity contribution in [1.29, 1.82) is 0 Å². The molecule has 4 nitrogen and oxygen atoms in total. The summed E-state index contributed by atoms with van der Waals surface area (Å²) >= 11 is 12.4. The van der Waals surface area contributed by atoms with Gasteiger partial charge >= 0.3 is 0 Å². The van der Waals surface area contributed by atoms with Gasteiger partial charge in [0.2, 0.25) is 0 Å². The summed E-state index contributed by atoms with van der Waals surface area (Å²) in [5, 5.41) is 4.60. The Labute approximate surface area is 173 Å². The Balaban J connectivity index is 1.33. The van der Waals surface area contributed by atoms with Crippen LogP contribution in [-0.4, -0.2) is 13.2 Å². The van der Waals surface area contributed by atoms with Gasteiger partial charge in [-0.3, -0.25) is 0 Å². The maximum atomic E-state index is 6.18. The van der Waals surface area contributed by atoms with Crippen LogP contribution in [0.5, 0.6) is 17.2 Å². The number of benzene rings is 3. The SMILES string of the molecule is Clc1cccc(Cl)c1COc1ccc(CNc2ccc3c(c2)OCCO3)cc1. The largest absolute Gasteiger partial charge is 0.489 e. The van der Waals surface area contributed by atoms with Gasteiger partial charge in [-0.2, -0.15) is 0 Å². The van der Waals surface area contributed by atoms with Gasteiger partial charge in [-0.1, -0.05) is 41.4 Å². The highest BCUT2D eigenvalue weighted by Crippen LogP contribution is 2.32.